The van der Waals surface area contributed by atoms with E-state index in [1.165, 1.54) is 11.3 Å². The highest BCUT2D eigenvalue weighted by molar-refractivity contribution is 7.14. The fraction of sp³-hybridized carbons (Fsp3) is 0.333. The molecule has 0 unspecified atom stereocenters. The van der Waals surface area contributed by atoms with E-state index in [0.29, 0.717) is 28.4 Å². The maximum absolute atomic E-state index is 12.7. The molecular formula is C24H27N3O4S. The smallest absolute Gasteiger partial charge is 0.342 e. The van der Waals surface area contributed by atoms with Crippen LogP contribution >= 0.6 is 11.3 Å². The minimum Gasteiger partial charge on any atom is -0.454 e. The second-order valence-electron chi connectivity index (χ2n) is 8.49. The SMILES string of the molecule is Cc1nn(-c2ccccc2)c(C)c1C(=O)OCC(=O)c1ccc(CNC(=O)C(C)(C)C)s1. The van der Waals surface area contributed by atoms with E-state index in [0.717, 1.165) is 10.6 Å². The van der Waals surface area contributed by atoms with Crippen molar-refractivity contribution in [2.24, 2.45) is 5.41 Å². The predicted molar refractivity (Wildman–Crippen MR) is 123 cm³/mol. The summed E-state index contributed by atoms with van der Waals surface area (Å²) in [4.78, 5) is 38.5. The van der Waals surface area contributed by atoms with Crippen molar-refractivity contribution >= 4 is 29.0 Å². The third-order valence-corrected chi connectivity index (χ3v) is 6.00. The summed E-state index contributed by atoms with van der Waals surface area (Å²) in [7, 11) is 0. The molecule has 32 heavy (non-hydrogen) atoms. The average Bonchev–Trinajstić information content (AvgIpc) is 3.34. The molecule has 168 valence electrons. The third kappa shape index (κ3) is 5.31. The largest absolute Gasteiger partial charge is 0.454 e. The second-order valence-corrected chi connectivity index (χ2v) is 9.66. The molecule has 7 nitrogen and oxygen atoms in total. The van der Waals surface area contributed by atoms with Gasteiger partial charge in [-0.3, -0.25) is 9.59 Å². The Morgan fingerprint density at radius 2 is 1.75 bits per heavy atom. The van der Waals surface area contributed by atoms with Gasteiger partial charge >= 0.3 is 5.97 Å². The van der Waals surface area contributed by atoms with E-state index in [4.69, 9.17) is 4.74 Å². The van der Waals surface area contributed by atoms with Gasteiger partial charge in [0.1, 0.15) is 5.56 Å². The van der Waals surface area contributed by atoms with E-state index in [1.807, 2.05) is 51.1 Å². The highest BCUT2D eigenvalue weighted by Gasteiger charge is 2.23. The Bertz CT molecular complexity index is 1140. The molecule has 3 aromatic rings. The lowest BCUT2D eigenvalue weighted by atomic mass is 9.96. The predicted octanol–water partition coefficient (Wildman–Crippen LogP) is 4.25. The van der Waals surface area contributed by atoms with Crippen LogP contribution in [0.3, 0.4) is 0 Å². The topological polar surface area (TPSA) is 90.3 Å². The summed E-state index contributed by atoms with van der Waals surface area (Å²) >= 11 is 1.28. The Labute approximate surface area is 191 Å². The summed E-state index contributed by atoms with van der Waals surface area (Å²) < 4.78 is 6.99. The number of ether oxygens (including phenoxy) is 1. The van der Waals surface area contributed by atoms with Crippen molar-refractivity contribution in [3.63, 3.8) is 0 Å². The number of para-hydroxylation sites is 1. The molecule has 0 saturated carbocycles. The summed E-state index contributed by atoms with van der Waals surface area (Å²) in [5, 5.41) is 7.30. The molecule has 0 fully saturated rings. The molecule has 0 spiro atoms. The molecule has 0 aliphatic heterocycles. The zero-order valence-corrected chi connectivity index (χ0v) is 19.7. The highest BCUT2D eigenvalue weighted by Crippen LogP contribution is 2.21. The van der Waals surface area contributed by atoms with Gasteiger partial charge < -0.3 is 10.1 Å². The van der Waals surface area contributed by atoms with Crippen LogP contribution < -0.4 is 5.32 Å². The number of nitrogens with one attached hydrogen (secondary N) is 1. The van der Waals surface area contributed by atoms with Crippen LogP contribution in [0.25, 0.3) is 5.69 Å². The summed E-state index contributed by atoms with van der Waals surface area (Å²) in [6.45, 7) is 9.05. The minimum atomic E-state index is -0.579. The summed E-state index contributed by atoms with van der Waals surface area (Å²) in [5.41, 5.74) is 1.91. The number of amides is 1. The number of nitrogens with zero attached hydrogens (tertiary/aromatic N) is 2. The van der Waals surface area contributed by atoms with Crippen LogP contribution in [0.15, 0.2) is 42.5 Å². The maximum Gasteiger partial charge on any atom is 0.342 e. The van der Waals surface area contributed by atoms with Gasteiger partial charge in [0.25, 0.3) is 0 Å². The third-order valence-electron chi connectivity index (χ3n) is 4.87. The zero-order chi connectivity index (χ0) is 23.5. The second kappa shape index (κ2) is 9.48. The zero-order valence-electron chi connectivity index (χ0n) is 18.9. The van der Waals surface area contributed by atoms with Crippen molar-refractivity contribution in [2.45, 2.75) is 41.2 Å². The van der Waals surface area contributed by atoms with Gasteiger partial charge in [-0.25, -0.2) is 9.48 Å². The van der Waals surface area contributed by atoms with Gasteiger partial charge in [-0.05, 0) is 38.1 Å². The van der Waals surface area contributed by atoms with Gasteiger partial charge in [0.2, 0.25) is 11.7 Å². The molecule has 0 saturated heterocycles. The Hall–Kier alpha value is -3.26. The molecular weight excluding hydrogens is 426 g/mol. The highest BCUT2D eigenvalue weighted by atomic mass is 32.1. The van der Waals surface area contributed by atoms with Gasteiger partial charge in [-0.15, -0.1) is 11.3 Å². The van der Waals surface area contributed by atoms with Gasteiger partial charge in [0, 0.05) is 10.3 Å². The molecule has 1 N–H and O–H groups in total. The molecule has 3 rings (SSSR count). The molecule has 1 amide bonds. The fourth-order valence-corrected chi connectivity index (χ4v) is 3.96. The van der Waals surface area contributed by atoms with E-state index in [9.17, 15) is 14.4 Å². The van der Waals surface area contributed by atoms with Crippen LogP contribution in [-0.2, 0) is 16.1 Å². The molecule has 1 aromatic carbocycles. The molecule has 0 atom stereocenters. The standard InChI is InChI=1S/C24H27N3O4S/c1-15-21(16(2)27(26-15)17-9-7-6-8-10-17)22(29)31-14-19(28)20-12-11-18(32-20)13-25-23(30)24(3,4)5/h6-12H,13-14H2,1-5H3,(H,25,30). The number of carbonyl (C=O) groups is 3. The van der Waals surface area contributed by atoms with Crippen molar-refractivity contribution in [3.05, 3.63) is 69.2 Å². The Morgan fingerprint density at radius 3 is 2.41 bits per heavy atom. The Morgan fingerprint density at radius 1 is 1.06 bits per heavy atom. The molecule has 0 radical (unpaired) electrons. The Balaban J connectivity index is 1.61. The number of thiophene rings is 1. The normalized spacial score (nSPS) is 11.3. The van der Waals surface area contributed by atoms with Gasteiger partial charge in [-0.2, -0.15) is 5.10 Å². The molecule has 0 bridgehead atoms. The van der Waals surface area contributed by atoms with Crippen molar-refractivity contribution in [1.82, 2.24) is 15.1 Å². The number of hydrogen-bond donors (Lipinski definition) is 1. The first-order valence-corrected chi connectivity index (χ1v) is 11.1. The molecule has 0 aliphatic carbocycles. The van der Waals surface area contributed by atoms with E-state index >= 15 is 0 Å². The first-order valence-electron chi connectivity index (χ1n) is 10.3. The summed E-state index contributed by atoms with van der Waals surface area (Å²) in [6.07, 6.45) is 0. The van der Waals surface area contributed by atoms with Crippen molar-refractivity contribution in [3.8, 4) is 5.69 Å². The minimum absolute atomic E-state index is 0.0607. The van der Waals surface area contributed by atoms with Crippen LogP contribution in [0, 0.1) is 19.3 Å². The molecule has 8 heteroatoms. The van der Waals surface area contributed by atoms with Crippen LogP contribution in [0.4, 0.5) is 0 Å². The van der Waals surface area contributed by atoms with E-state index in [2.05, 4.69) is 10.4 Å². The lowest BCUT2D eigenvalue weighted by Gasteiger charge is -2.17. The van der Waals surface area contributed by atoms with Crippen molar-refractivity contribution < 1.29 is 19.1 Å². The van der Waals surface area contributed by atoms with Crippen molar-refractivity contribution in [1.29, 1.82) is 0 Å². The van der Waals surface area contributed by atoms with E-state index < -0.39 is 11.4 Å². The first-order chi connectivity index (χ1) is 15.1. The lowest BCUT2D eigenvalue weighted by Crippen LogP contribution is -2.34. The fourth-order valence-electron chi connectivity index (χ4n) is 3.09. The number of aryl methyl sites for hydroxylation is 1. The van der Waals surface area contributed by atoms with Crippen LogP contribution in [0.2, 0.25) is 0 Å². The quantitative estimate of drug-likeness (QED) is 0.427. The maximum atomic E-state index is 12.7. The van der Waals surface area contributed by atoms with Crippen molar-refractivity contribution in [2.75, 3.05) is 6.61 Å². The molecule has 0 aliphatic rings. The number of esters is 1. The monoisotopic (exact) mass is 453 g/mol. The van der Waals surface area contributed by atoms with Crippen LogP contribution in [-0.4, -0.2) is 34.0 Å². The lowest BCUT2D eigenvalue weighted by molar-refractivity contribution is -0.128. The summed E-state index contributed by atoms with van der Waals surface area (Å²) in [6, 6.07) is 13.0. The number of benzene rings is 1. The molecule has 2 heterocycles. The van der Waals surface area contributed by atoms with Gasteiger partial charge in [-0.1, -0.05) is 39.0 Å². The number of rotatable bonds is 7. The Kier molecular flexibility index (Phi) is 6.93. The van der Waals surface area contributed by atoms with Crippen LogP contribution in [0.5, 0.6) is 0 Å². The van der Waals surface area contributed by atoms with E-state index in [-0.39, 0.29) is 18.3 Å². The molecule has 2 aromatic heterocycles. The first kappa shape index (κ1) is 23.4. The number of carbonyl (C=O) groups excluding carboxylic acids is 3. The number of hydrogen-bond acceptors (Lipinski definition) is 6. The van der Waals surface area contributed by atoms with Gasteiger partial charge in [0.05, 0.1) is 28.5 Å². The van der Waals surface area contributed by atoms with E-state index in [1.54, 1.807) is 30.7 Å². The number of ketones is 1. The van der Waals surface area contributed by atoms with Crippen LogP contribution in [0.1, 0.15) is 57.1 Å². The average molecular weight is 454 g/mol. The van der Waals surface area contributed by atoms with Gasteiger partial charge in [0.15, 0.2) is 6.61 Å². The summed E-state index contributed by atoms with van der Waals surface area (Å²) in [5.74, 6) is -0.929. The number of Topliss-reactive ketones (excluding diaryl/α,β-unsaturated/α-hetero) is 1. The number of aromatic nitrogens is 2.